The minimum absolute atomic E-state index is 0.114. The highest BCUT2D eigenvalue weighted by molar-refractivity contribution is 5.87. The lowest BCUT2D eigenvalue weighted by Gasteiger charge is -2.12. The first-order valence-corrected chi connectivity index (χ1v) is 5.59. The van der Waals surface area contributed by atoms with Crippen LogP contribution < -0.4 is 10.6 Å². The van der Waals surface area contributed by atoms with Gasteiger partial charge in [-0.2, -0.15) is 5.10 Å². The average molecular weight is 251 g/mol. The van der Waals surface area contributed by atoms with Crippen LogP contribution in [0.3, 0.4) is 0 Å². The zero-order valence-electron chi connectivity index (χ0n) is 9.54. The van der Waals surface area contributed by atoms with Crippen molar-refractivity contribution >= 4 is 17.9 Å². The molecule has 2 unspecified atom stereocenters. The summed E-state index contributed by atoms with van der Waals surface area (Å²) in [5.74, 6) is -1.07. The van der Waals surface area contributed by atoms with Gasteiger partial charge in [-0.1, -0.05) is 0 Å². The fraction of sp³-hybridized carbons (Fsp3) is 0.500. The number of hydrogen-bond donors (Lipinski definition) is 3. The highest BCUT2D eigenvalue weighted by atomic mass is 16.4. The maximum absolute atomic E-state index is 11.6. The van der Waals surface area contributed by atoms with Crippen LogP contribution in [0.4, 0.5) is 10.7 Å². The molecule has 96 valence electrons. The number of amides is 2. The average Bonchev–Trinajstić information content (AvgIpc) is 2.78. The molecule has 1 fully saturated rings. The van der Waals surface area contributed by atoms with Crippen LogP contribution >= 0.6 is 0 Å². The molecule has 0 aromatic carbocycles. The number of anilines is 1. The van der Waals surface area contributed by atoms with E-state index < -0.39 is 12.0 Å². The summed E-state index contributed by atoms with van der Waals surface area (Å²) in [4.78, 5) is 26.1. The number of carbonyl (C=O) groups is 2. The third-order valence-electron chi connectivity index (χ3n) is 2.83. The largest absolute Gasteiger partial charge is 0.481 e. The molecule has 1 aliphatic carbocycles. The van der Waals surface area contributed by atoms with Crippen molar-refractivity contribution in [1.29, 1.82) is 0 Å². The Balaban J connectivity index is 1.80. The lowest BCUT2D eigenvalue weighted by atomic mass is 10.1. The Kier molecular flexibility index (Phi) is 3.66. The third-order valence-corrected chi connectivity index (χ3v) is 2.83. The molecule has 2 amide bonds. The standard InChI is InChI=1S/C10H13N5O3/c16-8(17)6-1-2-7(5-6)13-10(18)14-9-11-3-4-12-15-9/h3-4,6-7H,1-2,5H2,(H,16,17)(H2,11,13,14,15,18). The van der Waals surface area contributed by atoms with E-state index in [0.29, 0.717) is 19.3 Å². The van der Waals surface area contributed by atoms with Crippen molar-refractivity contribution in [2.24, 2.45) is 5.92 Å². The highest BCUT2D eigenvalue weighted by Crippen LogP contribution is 2.25. The van der Waals surface area contributed by atoms with E-state index in [0.717, 1.165) is 0 Å². The Morgan fingerprint density at radius 1 is 1.33 bits per heavy atom. The van der Waals surface area contributed by atoms with Crippen molar-refractivity contribution in [2.45, 2.75) is 25.3 Å². The molecule has 1 heterocycles. The molecule has 8 heteroatoms. The second-order valence-corrected chi connectivity index (χ2v) is 4.11. The molecule has 8 nitrogen and oxygen atoms in total. The van der Waals surface area contributed by atoms with Crippen molar-refractivity contribution in [2.75, 3.05) is 5.32 Å². The Bertz CT molecular complexity index is 438. The maximum atomic E-state index is 11.6. The van der Waals surface area contributed by atoms with Gasteiger partial charge in [-0.3, -0.25) is 10.1 Å². The number of rotatable bonds is 3. The first-order chi connectivity index (χ1) is 8.65. The van der Waals surface area contributed by atoms with Gasteiger partial charge in [0, 0.05) is 6.04 Å². The van der Waals surface area contributed by atoms with Crippen molar-refractivity contribution in [3.05, 3.63) is 12.4 Å². The van der Waals surface area contributed by atoms with Gasteiger partial charge in [-0.15, -0.1) is 5.10 Å². The summed E-state index contributed by atoms with van der Waals surface area (Å²) in [6.45, 7) is 0. The summed E-state index contributed by atoms with van der Waals surface area (Å²) in [5, 5.41) is 21.1. The second kappa shape index (κ2) is 5.39. The minimum Gasteiger partial charge on any atom is -0.481 e. The summed E-state index contributed by atoms with van der Waals surface area (Å²) in [5.41, 5.74) is 0. The van der Waals surface area contributed by atoms with Gasteiger partial charge in [0.1, 0.15) is 0 Å². The lowest BCUT2D eigenvalue weighted by Crippen LogP contribution is -2.37. The number of carboxylic acid groups (broad SMARTS) is 1. The quantitative estimate of drug-likeness (QED) is 0.708. The van der Waals surface area contributed by atoms with Gasteiger partial charge in [-0.25, -0.2) is 9.78 Å². The van der Waals surface area contributed by atoms with E-state index in [4.69, 9.17) is 5.11 Å². The number of urea groups is 1. The monoisotopic (exact) mass is 251 g/mol. The van der Waals surface area contributed by atoms with Gasteiger partial charge in [0.25, 0.3) is 5.95 Å². The van der Waals surface area contributed by atoms with Gasteiger partial charge >= 0.3 is 12.0 Å². The smallest absolute Gasteiger partial charge is 0.321 e. The Morgan fingerprint density at radius 3 is 2.78 bits per heavy atom. The zero-order valence-corrected chi connectivity index (χ0v) is 9.54. The summed E-state index contributed by atoms with van der Waals surface area (Å²) < 4.78 is 0. The first-order valence-electron chi connectivity index (χ1n) is 5.59. The third kappa shape index (κ3) is 3.12. The van der Waals surface area contributed by atoms with E-state index in [9.17, 15) is 9.59 Å². The fourth-order valence-electron chi connectivity index (χ4n) is 1.96. The Labute approximate surface area is 103 Å². The van der Waals surface area contributed by atoms with E-state index in [-0.39, 0.29) is 17.9 Å². The van der Waals surface area contributed by atoms with Crippen LogP contribution in [0.25, 0.3) is 0 Å². The zero-order chi connectivity index (χ0) is 13.0. The van der Waals surface area contributed by atoms with Gasteiger partial charge in [-0.05, 0) is 19.3 Å². The summed E-state index contributed by atoms with van der Waals surface area (Å²) in [7, 11) is 0. The lowest BCUT2D eigenvalue weighted by molar-refractivity contribution is -0.141. The molecular formula is C10H13N5O3. The molecule has 3 N–H and O–H groups in total. The van der Waals surface area contributed by atoms with Crippen molar-refractivity contribution in [1.82, 2.24) is 20.5 Å². The minimum atomic E-state index is -0.810. The molecule has 1 aromatic heterocycles. The van der Waals surface area contributed by atoms with Crippen LogP contribution in [0.5, 0.6) is 0 Å². The number of carboxylic acids is 1. The number of carbonyl (C=O) groups excluding carboxylic acids is 1. The van der Waals surface area contributed by atoms with E-state index in [1.165, 1.54) is 12.4 Å². The second-order valence-electron chi connectivity index (χ2n) is 4.11. The predicted molar refractivity (Wildman–Crippen MR) is 60.7 cm³/mol. The van der Waals surface area contributed by atoms with Crippen LogP contribution in [0.2, 0.25) is 0 Å². The normalized spacial score (nSPS) is 22.4. The number of hydrogen-bond acceptors (Lipinski definition) is 5. The molecule has 1 aromatic rings. The Morgan fingerprint density at radius 2 is 2.17 bits per heavy atom. The van der Waals surface area contributed by atoms with E-state index in [1.807, 2.05) is 0 Å². The van der Waals surface area contributed by atoms with E-state index in [2.05, 4.69) is 25.8 Å². The number of nitrogens with one attached hydrogen (secondary N) is 2. The maximum Gasteiger partial charge on any atom is 0.321 e. The number of aliphatic carboxylic acids is 1. The van der Waals surface area contributed by atoms with Crippen LogP contribution in [0.15, 0.2) is 12.4 Å². The van der Waals surface area contributed by atoms with Crippen LogP contribution in [0, 0.1) is 5.92 Å². The molecule has 18 heavy (non-hydrogen) atoms. The van der Waals surface area contributed by atoms with Crippen molar-refractivity contribution < 1.29 is 14.7 Å². The molecule has 0 aliphatic heterocycles. The fourth-order valence-corrected chi connectivity index (χ4v) is 1.96. The Hall–Kier alpha value is -2.25. The molecule has 2 rings (SSSR count). The van der Waals surface area contributed by atoms with Crippen LogP contribution in [-0.4, -0.2) is 38.3 Å². The van der Waals surface area contributed by atoms with E-state index >= 15 is 0 Å². The van der Waals surface area contributed by atoms with Crippen molar-refractivity contribution in [3.63, 3.8) is 0 Å². The molecule has 1 aliphatic rings. The van der Waals surface area contributed by atoms with Gasteiger partial charge in [0.15, 0.2) is 0 Å². The molecular weight excluding hydrogens is 238 g/mol. The summed E-state index contributed by atoms with van der Waals surface area (Å²) in [6, 6.07) is -0.568. The van der Waals surface area contributed by atoms with Gasteiger partial charge < -0.3 is 10.4 Å². The van der Waals surface area contributed by atoms with E-state index in [1.54, 1.807) is 0 Å². The molecule has 2 atom stereocenters. The van der Waals surface area contributed by atoms with Gasteiger partial charge in [0.05, 0.1) is 18.3 Å². The van der Waals surface area contributed by atoms with Crippen LogP contribution in [0.1, 0.15) is 19.3 Å². The van der Waals surface area contributed by atoms with Gasteiger partial charge in [0.2, 0.25) is 0 Å². The number of aromatic nitrogens is 3. The topological polar surface area (TPSA) is 117 Å². The van der Waals surface area contributed by atoms with Crippen molar-refractivity contribution in [3.8, 4) is 0 Å². The predicted octanol–water partition coefficient (Wildman–Crippen LogP) is 0.246. The molecule has 0 radical (unpaired) electrons. The molecule has 1 saturated carbocycles. The summed E-state index contributed by atoms with van der Waals surface area (Å²) in [6.07, 6.45) is 4.52. The highest BCUT2D eigenvalue weighted by Gasteiger charge is 2.30. The molecule has 0 saturated heterocycles. The SMILES string of the molecule is O=C(Nc1nccnn1)NC1CCC(C(=O)O)C1. The molecule has 0 spiro atoms. The first kappa shape index (κ1) is 12.2. The molecule has 0 bridgehead atoms. The number of nitrogens with zero attached hydrogens (tertiary/aromatic N) is 3. The summed E-state index contributed by atoms with van der Waals surface area (Å²) >= 11 is 0. The van der Waals surface area contributed by atoms with Crippen LogP contribution in [-0.2, 0) is 4.79 Å².